The SMILES string of the molecule is O=C(CN(C(=O)Nc1ccccc1Br)C1CC1)N(Cc1ccccc1)Cc1cccs1. The molecule has 1 saturated carbocycles. The minimum atomic E-state index is -0.237. The first-order valence-corrected chi connectivity index (χ1v) is 11.9. The lowest BCUT2D eigenvalue weighted by molar-refractivity contribution is -0.133. The Balaban J connectivity index is 1.48. The zero-order chi connectivity index (χ0) is 21.6. The highest BCUT2D eigenvalue weighted by Gasteiger charge is 2.35. The number of hydrogen-bond donors (Lipinski definition) is 1. The predicted molar refractivity (Wildman–Crippen MR) is 128 cm³/mol. The summed E-state index contributed by atoms with van der Waals surface area (Å²) in [6.07, 6.45) is 1.86. The summed E-state index contributed by atoms with van der Waals surface area (Å²) in [5, 5.41) is 4.96. The van der Waals surface area contributed by atoms with E-state index in [9.17, 15) is 9.59 Å². The molecule has 160 valence electrons. The molecule has 0 radical (unpaired) electrons. The van der Waals surface area contributed by atoms with Gasteiger partial charge in [0, 0.05) is 21.9 Å². The van der Waals surface area contributed by atoms with Gasteiger partial charge in [0.25, 0.3) is 0 Å². The van der Waals surface area contributed by atoms with E-state index in [1.165, 1.54) is 0 Å². The van der Waals surface area contributed by atoms with Crippen LogP contribution in [0.4, 0.5) is 10.5 Å². The molecule has 0 bridgehead atoms. The van der Waals surface area contributed by atoms with E-state index >= 15 is 0 Å². The fraction of sp³-hybridized carbons (Fsp3) is 0.250. The molecule has 1 fully saturated rings. The van der Waals surface area contributed by atoms with E-state index in [1.54, 1.807) is 16.2 Å². The van der Waals surface area contributed by atoms with Crippen LogP contribution in [-0.2, 0) is 17.9 Å². The van der Waals surface area contributed by atoms with Crippen LogP contribution in [0.2, 0.25) is 0 Å². The molecule has 3 aromatic rings. The van der Waals surface area contributed by atoms with Crippen LogP contribution >= 0.6 is 27.3 Å². The van der Waals surface area contributed by atoms with E-state index in [2.05, 4.69) is 21.2 Å². The number of benzene rings is 2. The number of rotatable bonds is 8. The zero-order valence-electron chi connectivity index (χ0n) is 17.0. The van der Waals surface area contributed by atoms with Crippen LogP contribution in [0.25, 0.3) is 0 Å². The molecule has 7 heteroatoms. The number of halogens is 1. The fourth-order valence-corrected chi connectivity index (χ4v) is 4.48. The van der Waals surface area contributed by atoms with E-state index in [1.807, 2.05) is 77.0 Å². The number of nitrogens with one attached hydrogen (secondary N) is 1. The normalized spacial score (nSPS) is 12.9. The highest BCUT2D eigenvalue weighted by molar-refractivity contribution is 9.10. The van der Waals surface area contributed by atoms with Crippen LogP contribution in [0, 0.1) is 0 Å². The summed E-state index contributed by atoms with van der Waals surface area (Å²) in [6.45, 7) is 1.12. The van der Waals surface area contributed by atoms with Gasteiger partial charge in [-0.05, 0) is 57.9 Å². The molecule has 0 aliphatic heterocycles. The highest BCUT2D eigenvalue weighted by Crippen LogP contribution is 2.29. The summed E-state index contributed by atoms with van der Waals surface area (Å²) in [7, 11) is 0. The summed E-state index contributed by atoms with van der Waals surface area (Å²) in [5.41, 5.74) is 1.77. The van der Waals surface area contributed by atoms with E-state index in [4.69, 9.17) is 0 Å². The minimum Gasteiger partial charge on any atom is -0.332 e. The molecule has 0 saturated heterocycles. The van der Waals surface area contributed by atoms with Gasteiger partial charge in [-0.3, -0.25) is 4.79 Å². The second kappa shape index (κ2) is 10.1. The van der Waals surface area contributed by atoms with Gasteiger partial charge in [0.2, 0.25) is 5.91 Å². The number of hydrogen-bond acceptors (Lipinski definition) is 3. The van der Waals surface area contributed by atoms with Crippen molar-refractivity contribution in [2.24, 2.45) is 0 Å². The van der Waals surface area contributed by atoms with Gasteiger partial charge in [-0.15, -0.1) is 11.3 Å². The number of urea groups is 1. The summed E-state index contributed by atoms with van der Waals surface area (Å²) in [5.74, 6) is -0.0496. The molecule has 5 nitrogen and oxygen atoms in total. The Morgan fingerprint density at radius 3 is 2.39 bits per heavy atom. The topological polar surface area (TPSA) is 52.7 Å². The van der Waals surface area contributed by atoms with E-state index in [0.29, 0.717) is 18.8 Å². The first-order chi connectivity index (χ1) is 15.1. The van der Waals surface area contributed by atoms with Crippen molar-refractivity contribution in [2.45, 2.75) is 32.0 Å². The maximum absolute atomic E-state index is 13.3. The average Bonchev–Trinajstić information content (AvgIpc) is 3.49. The van der Waals surface area contributed by atoms with Gasteiger partial charge >= 0.3 is 6.03 Å². The quantitative estimate of drug-likeness (QED) is 0.431. The third kappa shape index (κ3) is 5.95. The zero-order valence-corrected chi connectivity index (χ0v) is 19.4. The van der Waals surface area contributed by atoms with Gasteiger partial charge in [0.05, 0.1) is 12.2 Å². The Morgan fingerprint density at radius 1 is 0.968 bits per heavy atom. The van der Waals surface area contributed by atoms with Crippen molar-refractivity contribution in [3.05, 3.63) is 87.0 Å². The van der Waals surface area contributed by atoms with Crippen LogP contribution in [0.3, 0.4) is 0 Å². The van der Waals surface area contributed by atoms with Crippen molar-refractivity contribution in [3.8, 4) is 0 Å². The fourth-order valence-electron chi connectivity index (χ4n) is 3.37. The number of carbonyl (C=O) groups excluding carboxylic acids is 2. The van der Waals surface area contributed by atoms with Crippen LogP contribution in [0.15, 0.2) is 76.6 Å². The lowest BCUT2D eigenvalue weighted by Gasteiger charge is -2.28. The maximum Gasteiger partial charge on any atom is 0.322 e. The van der Waals surface area contributed by atoms with Gasteiger partial charge in [-0.25, -0.2) is 4.79 Å². The molecule has 1 aromatic heterocycles. The maximum atomic E-state index is 13.3. The van der Waals surface area contributed by atoms with E-state index < -0.39 is 0 Å². The number of nitrogens with zero attached hydrogens (tertiary/aromatic N) is 2. The van der Waals surface area contributed by atoms with Gasteiger partial charge in [-0.2, -0.15) is 0 Å². The third-order valence-electron chi connectivity index (χ3n) is 5.17. The summed E-state index contributed by atoms with van der Waals surface area (Å²) >= 11 is 5.10. The molecule has 1 N–H and O–H groups in total. The lowest BCUT2D eigenvalue weighted by Crippen LogP contribution is -2.45. The van der Waals surface area contributed by atoms with Crippen LogP contribution in [0.1, 0.15) is 23.3 Å². The Bertz CT molecular complexity index is 1020. The van der Waals surface area contributed by atoms with Crippen molar-refractivity contribution in [3.63, 3.8) is 0 Å². The third-order valence-corrected chi connectivity index (χ3v) is 6.72. The molecule has 0 unspecified atom stereocenters. The number of thiophene rings is 1. The standard InChI is InChI=1S/C24H24BrN3O2S/c25-21-10-4-5-11-22(21)26-24(30)28(19-12-13-19)17-23(29)27(16-20-9-6-14-31-20)15-18-7-2-1-3-8-18/h1-11,14,19H,12-13,15-17H2,(H,26,30). The Kier molecular flexibility index (Phi) is 7.04. The van der Waals surface area contributed by atoms with Gasteiger partial charge < -0.3 is 15.1 Å². The Labute approximate surface area is 194 Å². The molecule has 2 aromatic carbocycles. The second-order valence-electron chi connectivity index (χ2n) is 7.58. The van der Waals surface area contributed by atoms with Crippen LogP contribution in [0.5, 0.6) is 0 Å². The smallest absolute Gasteiger partial charge is 0.322 e. The average molecular weight is 498 g/mol. The summed E-state index contributed by atoms with van der Waals surface area (Å²) in [6, 6.07) is 21.4. The number of anilines is 1. The number of amides is 3. The molecule has 1 aliphatic rings. The molecular formula is C24H24BrN3O2S. The van der Waals surface area contributed by atoms with Crippen molar-refractivity contribution < 1.29 is 9.59 Å². The lowest BCUT2D eigenvalue weighted by atomic mass is 10.2. The molecular weight excluding hydrogens is 474 g/mol. The van der Waals surface area contributed by atoms with Crippen molar-refractivity contribution in [2.75, 3.05) is 11.9 Å². The van der Waals surface area contributed by atoms with Gasteiger partial charge in [-0.1, -0.05) is 48.5 Å². The van der Waals surface area contributed by atoms with Crippen LogP contribution in [-0.4, -0.2) is 34.3 Å². The molecule has 4 rings (SSSR count). The summed E-state index contributed by atoms with van der Waals surface area (Å²) < 4.78 is 0.814. The largest absolute Gasteiger partial charge is 0.332 e. The minimum absolute atomic E-state index is 0.0496. The second-order valence-corrected chi connectivity index (χ2v) is 9.47. The molecule has 3 amide bonds. The summed E-state index contributed by atoms with van der Waals surface area (Å²) in [4.78, 5) is 31.0. The Morgan fingerprint density at radius 2 is 1.71 bits per heavy atom. The first kappa shape index (κ1) is 21.6. The van der Waals surface area contributed by atoms with Crippen molar-refractivity contribution >= 4 is 44.9 Å². The van der Waals surface area contributed by atoms with Gasteiger partial charge in [0.1, 0.15) is 6.54 Å². The molecule has 0 atom stereocenters. The molecule has 31 heavy (non-hydrogen) atoms. The first-order valence-electron chi connectivity index (χ1n) is 10.3. The van der Waals surface area contributed by atoms with Gasteiger partial charge in [0.15, 0.2) is 0 Å². The van der Waals surface area contributed by atoms with Crippen molar-refractivity contribution in [1.29, 1.82) is 0 Å². The van der Waals surface area contributed by atoms with E-state index in [0.717, 1.165) is 27.8 Å². The molecule has 1 aliphatic carbocycles. The van der Waals surface area contributed by atoms with Crippen molar-refractivity contribution in [1.82, 2.24) is 9.80 Å². The molecule has 1 heterocycles. The highest BCUT2D eigenvalue weighted by atomic mass is 79.9. The predicted octanol–water partition coefficient (Wildman–Crippen LogP) is 5.74. The van der Waals surface area contributed by atoms with Crippen LogP contribution < -0.4 is 5.32 Å². The van der Waals surface area contributed by atoms with E-state index in [-0.39, 0.29) is 24.5 Å². The molecule has 0 spiro atoms. The Hall–Kier alpha value is -2.64. The number of carbonyl (C=O) groups is 2. The monoisotopic (exact) mass is 497 g/mol. The number of para-hydroxylation sites is 1.